The normalized spacial score (nSPS) is 22.5. The average Bonchev–Trinajstić information content (AvgIpc) is 3.45. The second-order valence-electron chi connectivity index (χ2n) is 9.22. The molecule has 1 aromatic carbocycles. The first kappa shape index (κ1) is 22.9. The number of oxazole rings is 1. The molecule has 1 amide bonds. The fourth-order valence-corrected chi connectivity index (χ4v) is 5.42. The first-order valence-electron chi connectivity index (χ1n) is 11.6. The molecule has 34 heavy (non-hydrogen) atoms. The topological polar surface area (TPSA) is 61.6 Å². The maximum Gasteiger partial charge on any atom is 0.396 e. The second kappa shape index (κ2) is 8.74. The lowest BCUT2D eigenvalue weighted by Crippen LogP contribution is -2.40. The van der Waals surface area contributed by atoms with Crippen molar-refractivity contribution in [3.05, 3.63) is 35.2 Å². The van der Waals surface area contributed by atoms with E-state index in [1.54, 1.807) is 9.80 Å². The van der Waals surface area contributed by atoms with Crippen molar-refractivity contribution in [2.45, 2.75) is 69.6 Å². The summed E-state index contributed by atoms with van der Waals surface area (Å²) in [6, 6.07) is 2.11. The molecule has 3 aliphatic rings. The molecule has 1 N–H and O–H groups in total. The third kappa shape index (κ3) is 4.44. The van der Waals surface area contributed by atoms with Gasteiger partial charge < -0.3 is 19.5 Å². The molecule has 3 saturated heterocycles. The van der Waals surface area contributed by atoms with Gasteiger partial charge in [0.15, 0.2) is 17.3 Å². The van der Waals surface area contributed by atoms with Crippen molar-refractivity contribution >= 4 is 23.3 Å². The van der Waals surface area contributed by atoms with E-state index in [0.29, 0.717) is 13.1 Å². The van der Waals surface area contributed by atoms with Crippen molar-refractivity contribution < 1.29 is 31.2 Å². The minimum atomic E-state index is -4.62. The molecule has 2 atom stereocenters. The first-order valence-corrected chi connectivity index (χ1v) is 11.6. The molecular weight excluding hydrogens is 459 g/mol. The Morgan fingerprint density at radius 3 is 2.24 bits per heavy atom. The van der Waals surface area contributed by atoms with Crippen LogP contribution in [0.25, 0.3) is 0 Å². The molecule has 3 aliphatic heterocycles. The van der Waals surface area contributed by atoms with Gasteiger partial charge in [0, 0.05) is 30.9 Å². The molecule has 0 spiro atoms. The van der Waals surface area contributed by atoms with Crippen molar-refractivity contribution in [1.29, 1.82) is 0 Å². The highest BCUT2D eigenvalue weighted by Crippen LogP contribution is 2.42. The van der Waals surface area contributed by atoms with Crippen LogP contribution in [0.2, 0.25) is 0 Å². The number of hydrogen-bond donors (Lipinski definition) is 1. The second-order valence-corrected chi connectivity index (χ2v) is 9.22. The summed E-state index contributed by atoms with van der Waals surface area (Å²) in [5, 5.41) is 2.29. The lowest BCUT2D eigenvalue weighted by atomic mass is 10.0. The van der Waals surface area contributed by atoms with Crippen LogP contribution in [0.4, 0.5) is 39.3 Å². The number of anilines is 3. The van der Waals surface area contributed by atoms with E-state index in [4.69, 9.17) is 4.42 Å². The van der Waals surface area contributed by atoms with Gasteiger partial charge in [-0.2, -0.15) is 18.2 Å². The summed E-state index contributed by atoms with van der Waals surface area (Å²) in [6.45, 7) is 1.12. The number of rotatable bonds is 5. The third-order valence-electron chi connectivity index (χ3n) is 6.87. The van der Waals surface area contributed by atoms with Crippen molar-refractivity contribution in [1.82, 2.24) is 4.98 Å². The molecule has 2 bridgehead atoms. The number of hydrogen-bond acceptors (Lipinski definition) is 5. The molecule has 0 aliphatic carbocycles. The zero-order valence-corrected chi connectivity index (χ0v) is 18.4. The summed E-state index contributed by atoms with van der Waals surface area (Å²) in [5.41, 5.74) is -0.851. The summed E-state index contributed by atoms with van der Waals surface area (Å²) in [7, 11) is 0. The first-order chi connectivity index (χ1) is 16.2. The number of alkyl halides is 3. The molecule has 0 radical (unpaired) electrons. The summed E-state index contributed by atoms with van der Waals surface area (Å²) in [5.74, 6) is -3.28. The van der Waals surface area contributed by atoms with Gasteiger partial charge in [0.2, 0.25) is 0 Å². The number of nitrogens with one attached hydrogen (secondary N) is 1. The largest absolute Gasteiger partial charge is 0.427 e. The predicted molar refractivity (Wildman–Crippen MR) is 115 cm³/mol. The molecule has 184 valence electrons. The maximum absolute atomic E-state index is 15.0. The summed E-state index contributed by atoms with van der Waals surface area (Å²) in [6.07, 6.45) is 0.124. The highest BCUT2D eigenvalue weighted by atomic mass is 19.4. The summed E-state index contributed by atoms with van der Waals surface area (Å²) < 4.78 is 74.5. The van der Waals surface area contributed by atoms with Gasteiger partial charge in [0.1, 0.15) is 17.9 Å². The SMILES string of the molecule is O=C(Nc1cc(F)c(N2C3CCCC2CC3)c(F)c1)c1nc(N2CCCC2)oc1CC(F)(F)F. The minimum Gasteiger partial charge on any atom is -0.427 e. The fourth-order valence-electron chi connectivity index (χ4n) is 5.42. The molecule has 0 saturated carbocycles. The Bertz CT molecular complexity index is 1040. The predicted octanol–water partition coefficient (Wildman–Crippen LogP) is 5.43. The number of nitrogens with zero attached hydrogens (tertiary/aromatic N) is 3. The van der Waals surface area contributed by atoms with Crippen LogP contribution in [0, 0.1) is 11.6 Å². The van der Waals surface area contributed by atoms with Crippen LogP contribution >= 0.6 is 0 Å². The number of fused-ring (bicyclic) bond motifs is 2. The van der Waals surface area contributed by atoms with Gasteiger partial charge in [-0.1, -0.05) is 0 Å². The highest BCUT2D eigenvalue weighted by molar-refractivity contribution is 6.04. The van der Waals surface area contributed by atoms with Gasteiger partial charge in [-0.15, -0.1) is 0 Å². The molecule has 4 heterocycles. The number of benzene rings is 1. The van der Waals surface area contributed by atoms with Gasteiger partial charge in [-0.25, -0.2) is 8.78 Å². The van der Waals surface area contributed by atoms with E-state index in [-0.39, 0.29) is 29.5 Å². The standard InChI is InChI=1S/C23H25F5N4O2/c24-16-10-13(11-17(25)20(16)32-14-4-3-5-15(32)7-6-14)29-21(33)19-18(12-23(26,27)28)34-22(30-19)31-8-1-2-9-31/h10-11,14-15H,1-9,12H2,(H,29,33). The number of aromatic nitrogens is 1. The molecule has 3 fully saturated rings. The van der Waals surface area contributed by atoms with Crippen molar-refractivity contribution in [2.24, 2.45) is 0 Å². The fraction of sp³-hybridized carbons (Fsp3) is 0.565. The van der Waals surface area contributed by atoms with Crippen LogP contribution in [0.3, 0.4) is 0 Å². The Hall–Kier alpha value is -2.85. The van der Waals surface area contributed by atoms with Gasteiger partial charge in [-0.3, -0.25) is 4.79 Å². The zero-order chi connectivity index (χ0) is 24.0. The van der Waals surface area contributed by atoms with Crippen LogP contribution in [0.1, 0.15) is 61.2 Å². The van der Waals surface area contributed by atoms with E-state index < -0.39 is 41.6 Å². The van der Waals surface area contributed by atoms with Crippen LogP contribution in [-0.4, -0.2) is 42.2 Å². The lowest BCUT2D eigenvalue weighted by molar-refractivity contribution is -0.130. The van der Waals surface area contributed by atoms with E-state index in [2.05, 4.69) is 10.3 Å². The van der Waals surface area contributed by atoms with Gasteiger partial charge in [0.05, 0.1) is 0 Å². The molecule has 2 unspecified atom stereocenters. The lowest BCUT2D eigenvalue weighted by Gasteiger charge is -2.37. The van der Waals surface area contributed by atoms with E-state index >= 15 is 8.78 Å². The number of halogens is 5. The van der Waals surface area contributed by atoms with E-state index in [1.165, 1.54) is 0 Å². The number of amides is 1. The highest BCUT2D eigenvalue weighted by Gasteiger charge is 2.39. The Kier molecular flexibility index (Phi) is 5.89. The maximum atomic E-state index is 15.0. The Labute approximate surface area is 193 Å². The van der Waals surface area contributed by atoms with Crippen molar-refractivity contribution in [3.8, 4) is 0 Å². The molecule has 5 rings (SSSR count). The monoisotopic (exact) mass is 484 g/mol. The summed E-state index contributed by atoms with van der Waals surface area (Å²) in [4.78, 5) is 20.3. The Morgan fingerprint density at radius 2 is 1.65 bits per heavy atom. The molecule has 2 aromatic rings. The molecule has 11 heteroatoms. The van der Waals surface area contributed by atoms with Gasteiger partial charge in [0.25, 0.3) is 11.9 Å². The smallest absolute Gasteiger partial charge is 0.396 e. The van der Waals surface area contributed by atoms with Crippen LogP contribution in [-0.2, 0) is 6.42 Å². The molecular formula is C23H25F5N4O2. The van der Waals surface area contributed by atoms with Crippen LogP contribution in [0.15, 0.2) is 16.5 Å². The third-order valence-corrected chi connectivity index (χ3v) is 6.87. The van der Waals surface area contributed by atoms with E-state index in [9.17, 15) is 18.0 Å². The number of carbonyl (C=O) groups excluding carboxylic acids is 1. The van der Waals surface area contributed by atoms with Gasteiger partial charge in [-0.05, 0) is 57.1 Å². The van der Waals surface area contributed by atoms with Gasteiger partial charge >= 0.3 is 6.18 Å². The zero-order valence-electron chi connectivity index (χ0n) is 18.4. The summed E-state index contributed by atoms with van der Waals surface area (Å²) >= 11 is 0. The molecule has 6 nitrogen and oxygen atoms in total. The van der Waals surface area contributed by atoms with Crippen molar-refractivity contribution in [2.75, 3.05) is 28.2 Å². The minimum absolute atomic E-state index is 0.0600. The van der Waals surface area contributed by atoms with Crippen LogP contribution < -0.4 is 15.1 Å². The van der Waals surface area contributed by atoms with E-state index in [1.807, 2.05) is 0 Å². The Balaban J connectivity index is 1.40. The van der Waals surface area contributed by atoms with E-state index in [0.717, 1.165) is 57.1 Å². The quantitative estimate of drug-likeness (QED) is 0.574. The number of carbonyl (C=O) groups is 1. The average molecular weight is 484 g/mol. The number of piperidine rings is 1. The van der Waals surface area contributed by atoms with Crippen LogP contribution in [0.5, 0.6) is 0 Å². The molecule has 1 aromatic heterocycles. The Morgan fingerprint density at radius 1 is 1.03 bits per heavy atom. The van der Waals surface area contributed by atoms with Crippen molar-refractivity contribution in [3.63, 3.8) is 0 Å².